The third-order valence-corrected chi connectivity index (χ3v) is 3.44. The number of hydrogen-bond acceptors (Lipinski definition) is 3. The number of rotatable bonds is 3. The summed E-state index contributed by atoms with van der Waals surface area (Å²) in [6.07, 6.45) is 4.45. The van der Waals surface area contributed by atoms with Crippen molar-refractivity contribution in [3.8, 4) is 0 Å². The largest absolute Gasteiger partial charge is 0.383 e. The van der Waals surface area contributed by atoms with Crippen molar-refractivity contribution in [3.05, 3.63) is 18.0 Å². The van der Waals surface area contributed by atoms with E-state index in [1.165, 1.54) is 0 Å². The molecule has 0 atom stereocenters. The molecule has 0 aliphatic carbocycles. The van der Waals surface area contributed by atoms with E-state index in [9.17, 15) is 5.11 Å². The summed E-state index contributed by atoms with van der Waals surface area (Å²) in [5, 5.41) is 15.0. The summed E-state index contributed by atoms with van der Waals surface area (Å²) in [4.78, 5) is 2.26. The lowest BCUT2D eigenvalue weighted by molar-refractivity contribution is -0.0274. The van der Waals surface area contributed by atoms with Crippen molar-refractivity contribution in [3.63, 3.8) is 0 Å². The van der Waals surface area contributed by atoms with E-state index in [0.29, 0.717) is 0 Å². The minimum atomic E-state index is -0.668. The number of likely N-dealkylation sites (tertiary alicyclic amines) is 1. The Morgan fingerprint density at radius 1 is 1.44 bits per heavy atom. The molecule has 0 unspecified atom stereocenters. The molecule has 0 radical (unpaired) electrons. The van der Waals surface area contributed by atoms with Crippen LogP contribution in [0.25, 0.3) is 0 Å². The maximum absolute atomic E-state index is 10.7. The monoisotopic (exact) mass is 223 g/mol. The molecule has 2 heterocycles. The van der Waals surface area contributed by atoms with Crippen molar-refractivity contribution in [1.82, 2.24) is 14.7 Å². The fraction of sp³-hybridized carbons (Fsp3) is 0.750. The van der Waals surface area contributed by atoms with Gasteiger partial charge in [0.25, 0.3) is 0 Å². The second-order valence-corrected chi connectivity index (χ2v) is 4.77. The molecule has 4 heteroatoms. The molecular formula is C12H21N3O. The lowest BCUT2D eigenvalue weighted by Crippen LogP contribution is -2.42. The lowest BCUT2D eigenvalue weighted by atomic mass is 9.88. The number of aromatic nitrogens is 2. The molecule has 0 saturated carbocycles. The molecule has 1 saturated heterocycles. The van der Waals surface area contributed by atoms with Crippen molar-refractivity contribution in [2.24, 2.45) is 0 Å². The number of aliphatic hydroxyl groups is 1. The summed E-state index contributed by atoms with van der Waals surface area (Å²) in [5.41, 5.74) is 0.320. The van der Waals surface area contributed by atoms with Crippen LogP contribution in [0, 0.1) is 0 Å². The maximum atomic E-state index is 10.7. The highest BCUT2D eigenvalue weighted by atomic mass is 16.3. The summed E-state index contributed by atoms with van der Waals surface area (Å²) in [7, 11) is 2.10. The van der Waals surface area contributed by atoms with Gasteiger partial charge < -0.3 is 10.0 Å². The standard InChI is InChI=1S/C12H21N3O/c1-3-8-15-11(4-7-13-15)12(16)5-9-14(2)10-6-12/h4,7,16H,3,5-6,8-10H2,1-2H3. The van der Waals surface area contributed by atoms with Gasteiger partial charge in [0.1, 0.15) is 5.60 Å². The van der Waals surface area contributed by atoms with Gasteiger partial charge in [-0.05, 0) is 32.4 Å². The Hall–Kier alpha value is -0.870. The first-order chi connectivity index (χ1) is 7.65. The van der Waals surface area contributed by atoms with Crippen LogP contribution in [-0.2, 0) is 12.1 Å². The molecule has 16 heavy (non-hydrogen) atoms. The zero-order chi connectivity index (χ0) is 11.6. The molecule has 1 aromatic rings. The second kappa shape index (κ2) is 4.55. The smallest absolute Gasteiger partial charge is 0.109 e. The van der Waals surface area contributed by atoms with Gasteiger partial charge in [0.15, 0.2) is 0 Å². The first-order valence-electron chi connectivity index (χ1n) is 6.09. The highest BCUT2D eigenvalue weighted by Gasteiger charge is 2.35. The van der Waals surface area contributed by atoms with Gasteiger partial charge in [-0.25, -0.2) is 0 Å². The zero-order valence-corrected chi connectivity index (χ0v) is 10.2. The van der Waals surface area contributed by atoms with E-state index in [2.05, 4.69) is 24.0 Å². The first-order valence-corrected chi connectivity index (χ1v) is 6.09. The molecule has 0 amide bonds. The van der Waals surface area contributed by atoms with Gasteiger partial charge >= 0.3 is 0 Å². The van der Waals surface area contributed by atoms with Crippen molar-refractivity contribution < 1.29 is 5.11 Å². The number of piperidine rings is 1. The molecule has 90 valence electrons. The Labute approximate surface area is 96.9 Å². The predicted octanol–water partition coefficient (Wildman–Crippen LogP) is 1.21. The second-order valence-electron chi connectivity index (χ2n) is 4.77. The van der Waals surface area contributed by atoms with Crippen molar-refractivity contribution in [1.29, 1.82) is 0 Å². The molecule has 1 aliphatic rings. The summed E-state index contributed by atoms with van der Waals surface area (Å²) < 4.78 is 1.95. The van der Waals surface area contributed by atoms with Crippen molar-refractivity contribution in [2.45, 2.75) is 38.3 Å². The van der Waals surface area contributed by atoms with Crippen LogP contribution in [0.15, 0.2) is 12.3 Å². The first kappa shape index (κ1) is 11.6. The van der Waals surface area contributed by atoms with Crippen LogP contribution in [0.2, 0.25) is 0 Å². The number of hydrogen-bond donors (Lipinski definition) is 1. The van der Waals surface area contributed by atoms with E-state index in [0.717, 1.165) is 44.6 Å². The van der Waals surface area contributed by atoms with Crippen LogP contribution in [0.5, 0.6) is 0 Å². The minimum Gasteiger partial charge on any atom is -0.383 e. The van der Waals surface area contributed by atoms with Crippen LogP contribution < -0.4 is 0 Å². The van der Waals surface area contributed by atoms with Gasteiger partial charge in [-0.2, -0.15) is 5.10 Å². The van der Waals surface area contributed by atoms with E-state index in [4.69, 9.17) is 0 Å². The van der Waals surface area contributed by atoms with Gasteiger partial charge in [0.2, 0.25) is 0 Å². The molecule has 0 aromatic carbocycles. The highest BCUT2D eigenvalue weighted by Crippen LogP contribution is 2.32. The maximum Gasteiger partial charge on any atom is 0.109 e. The summed E-state index contributed by atoms with van der Waals surface area (Å²) in [6, 6.07) is 1.96. The normalized spacial score (nSPS) is 21.2. The van der Waals surface area contributed by atoms with Crippen LogP contribution in [-0.4, -0.2) is 39.9 Å². The topological polar surface area (TPSA) is 41.3 Å². The van der Waals surface area contributed by atoms with E-state index in [-0.39, 0.29) is 0 Å². The Morgan fingerprint density at radius 3 is 2.75 bits per heavy atom. The zero-order valence-electron chi connectivity index (χ0n) is 10.2. The Bertz CT molecular complexity index is 340. The van der Waals surface area contributed by atoms with Gasteiger partial charge in [0.05, 0.1) is 5.69 Å². The lowest BCUT2D eigenvalue weighted by Gasteiger charge is -2.36. The van der Waals surface area contributed by atoms with Crippen LogP contribution in [0.3, 0.4) is 0 Å². The fourth-order valence-corrected chi connectivity index (χ4v) is 2.36. The van der Waals surface area contributed by atoms with E-state index >= 15 is 0 Å². The van der Waals surface area contributed by atoms with Crippen LogP contribution in [0.4, 0.5) is 0 Å². The van der Waals surface area contributed by atoms with Gasteiger partial charge in [-0.15, -0.1) is 0 Å². The summed E-state index contributed by atoms with van der Waals surface area (Å²) in [6.45, 7) is 4.92. The number of nitrogens with zero attached hydrogens (tertiary/aromatic N) is 3. The molecule has 1 aromatic heterocycles. The van der Waals surface area contributed by atoms with Crippen LogP contribution in [0.1, 0.15) is 31.9 Å². The molecule has 2 rings (SSSR count). The molecule has 1 aliphatic heterocycles. The van der Waals surface area contributed by atoms with Gasteiger partial charge in [0, 0.05) is 25.8 Å². The fourth-order valence-electron chi connectivity index (χ4n) is 2.36. The van der Waals surface area contributed by atoms with E-state index in [1.807, 2.05) is 10.7 Å². The summed E-state index contributed by atoms with van der Waals surface area (Å²) >= 11 is 0. The molecule has 0 bridgehead atoms. The highest BCUT2D eigenvalue weighted by molar-refractivity contribution is 5.13. The third kappa shape index (κ3) is 2.13. The number of aryl methyl sites for hydroxylation is 1. The molecule has 1 fully saturated rings. The van der Waals surface area contributed by atoms with Crippen molar-refractivity contribution >= 4 is 0 Å². The van der Waals surface area contributed by atoms with Crippen LogP contribution >= 0.6 is 0 Å². The molecule has 4 nitrogen and oxygen atoms in total. The Morgan fingerprint density at radius 2 is 2.12 bits per heavy atom. The quantitative estimate of drug-likeness (QED) is 0.837. The third-order valence-electron chi connectivity index (χ3n) is 3.44. The van der Waals surface area contributed by atoms with Gasteiger partial charge in [-0.3, -0.25) is 4.68 Å². The SMILES string of the molecule is CCCn1nccc1C1(O)CCN(C)CC1. The van der Waals surface area contributed by atoms with E-state index < -0.39 is 5.60 Å². The van der Waals surface area contributed by atoms with E-state index in [1.54, 1.807) is 6.20 Å². The summed E-state index contributed by atoms with van der Waals surface area (Å²) in [5.74, 6) is 0. The van der Waals surface area contributed by atoms with Gasteiger partial charge in [-0.1, -0.05) is 6.92 Å². The molecule has 1 N–H and O–H groups in total. The average molecular weight is 223 g/mol. The Kier molecular flexibility index (Phi) is 3.30. The minimum absolute atomic E-state index is 0.668. The molecular weight excluding hydrogens is 202 g/mol. The molecule has 0 spiro atoms. The Balaban J connectivity index is 2.18. The van der Waals surface area contributed by atoms with Crippen molar-refractivity contribution in [2.75, 3.05) is 20.1 Å². The average Bonchev–Trinajstić information content (AvgIpc) is 2.72. The predicted molar refractivity (Wildman–Crippen MR) is 63.1 cm³/mol.